The van der Waals surface area contributed by atoms with Crippen molar-refractivity contribution in [2.75, 3.05) is 5.32 Å². The minimum absolute atomic E-state index is 0.0733. The van der Waals surface area contributed by atoms with Crippen LogP contribution in [0.1, 0.15) is 24.2 Å². The molecular formula is C19H18FN5O3. The van der Waals surface area contributed by atoms with Gasteiger partial charge in [-0.05, 0) is 43.3 Å². The molecule has 0 radical (unpaired) electrons. The van der Waals surface area contributed by atoms with Crippen molar-refractivity contribution in [2.24, 2.45) is 0 Å². The standard InChI is InChI=1S/C19H18FN5O3/c1-12(2)28-19(27)14-7-5-6-13(10-14)18-22-24-25(23-18)11-17(26)21-16-9-4-3-8-15(16)20/h3-10,12H,11H2,1-2H3,(H,21,26). The van der Waals surface area contributed by atoms with Crippen molar-refractivity contribution in [1.82, 2.24) is 20.2 Å². The molecule has 3 rings (SSSR count). The van der Waals surface area contributed by atoms with E-state index in [1.165, 1.54) is 18.2 Å². The number of anilines is 1. The summed E-state index contributed by atoms with van der Waals surface area (Å²) >= 11 is 0. The number of hydrogen-bond donors (Lipinski definition) is 1. The Bertz CT molecular complexity index is 1000. The number of nitrogens with zero attached hydrogens (tertiary/aromatic N) is 4. The van der Waals surface area contributed by atoms with E-state index in [0.717, 1.165) is 4.80 Å². The molecule has 8 nitrogen and oxygen atoms in total. The van der Waals surface area contributed by atoms with Gasteiger partial charge >= 0.3 is 5.97 Å². The highest BCUT2D eigenvalue weighted by atomic mass is 19.1. The van der Waals surface area contributed by atoms with Crippen molar-refractivity contribution >= 4 is 17.6 Å². The third kappa shape index (κ3) is 4.76. The molecule has 9 heteroatoms. The molecule has 1 aromatic heterocycles. The second-order valence-electron chi connectivity index (χ2n) is 6.21. The van der Waals surface area contributed by atoms with Crippen molar-refractivity contribution in [3.8, 4) is 11.4 Å². The van der Waals surface area contributed by atoms with E-state index >= 15 is 0 Å². The Balaban J connectivity index is 1.69. The van der Waals surface area contributed by atoms with Gasteiger partial charge < -0.3 is 10.1 Å². The fourth-order valence-electron chi connectivity index (χ4n) is 2.37. The molecule has 144 valence electrons. The van der Waals surface area contributed by atoms with Crippen LogP contribution in [0.5, 0.6) is 0 Å². The molecule has 0 atom stereocenters. The molecule has 1 heterocycles. The van der Waals surface area contributed by atoms with Crippen LogP contribution in [-0.2, 0) is 16.1 Å². The van der Waals surface area contributed by atoms with E-state index in [1.807, 2.05) is 0 Å². The minimum atomic E-state index is -0.534. The van der Waals surface area contributed by atoms with Crippen LogP contribution in [0, 0.1) is 5.82 Å². The molecule has 1 amide bonds. The van der Waals surface area contributed by atoms with Crippen LogP contribution in [-0.4, -0.2) is 38.2 Å². The number of carbonyl (C=O) groups is 2. The lowest BCUT2D eigenvalue weighted by atomic mass is 10.1. The highest BCUT2D eigenvalue weighted by Crippen LogP contribution is 2.17. The van der Waals surface area contributed by atoms with Gasteiger partial charge in [0.15, 0.2) is 0 Å². The molecule has 28 heavy (non-hydrogen) atoms. The maximum atomic E-state index is 13.6. The number of carbonyl (C=O) groups excluding carboxylic acids is 2. The largest absolute Gasteiger partial charge is 0.459 e. The van der Waals surface area contributed by atoms with Crippen molar-refractivity contribution in [1.29, 1.82) is 0 Å². The first-order valence-corrected chi connectivity index (χ1v) is 8.56. The molecule has 0 saturated carbocycles. The zero-order valence-electron chi connectivity index (χ0n) is 15.3. The summed E-state index contributed by atoms with van der Waals surface area (Å²) < 4.78 is 18.8. The Hall–Kier alpha value is -3.62. The fourth-order valence-corrected chi connectivity index (χ4v) is 2.37. The zero-order valence-corrected chi connectivity index (χ0v) is 15.3. The summed E-state index contributed by atoms with van der Waals surface area (Å²) in [5.74, 6) is -1.23. The van der Waals surface area contributed by atoms with Gasteiger partial charge in [0.05, 0.1) is 17.4 Å². The zero-order chi connectivity index (χ0) is 20.1. The predicted molar refractivity (Wildman–Crippen MR) is 98.8 cm³/mol. The minimum Gasteiger partial charge on any atom is -0.459 e. The maximum Gasteiger partial charge on any atom is 0.338 e. The molecule has 1 N–H and O–H groups in total. The number of rotatable bonds is 6. The van der Waals surface area contributed by atoms with Gasteiger partial charge in [-0.25, -0.2) is 9.18 Å². The number of amides is 1. The second kappa shape index (κ2) is 8.38. The Labute approximate surface area is 160 Å². The molecule has 0 aliphatic carbocycles. The summed E-state index contributed by atoms with van der Waals surface area (Å²) in [4.78, 5) is 25.2. The molecule has 3 aromatic rings. The SMILES string of the molecule is CC(C)OC(=O)c1cccc(-c2nnn(CC(=O)Nc3ccccc3F)n2)c1. The van der Waals surface area contributed by atoms with E-state index in [-0.39, 0.29) is 24.2 Å². The second-order valence-corrected chi connectivity index (χ2v) is 6.21. The van der Waals surface area contributed by atoms with Crippen LogP contribution in [0.25, 0.3) is 11.4 Å². The normalized spacial score (nSPS) is 10.7. The van der Waals surface area contributed by atoms with Gasteiger partial charge in [0.2, 0.25) is 11.7 Å². The summed E-state index contributed by atoms with van der Waals surface area (Å²) in [6.07, 6.45) is -0.233. The van der Waals surface area contributed by atoms with Crippen LogP contribution in [0.2, 0.25) is 0 Å². The predicted octanol–water partition coefficient (Wildman–Crippen LogP) is 2.68. The Morgan fingerprint density at radius 3 is 2.71 bits per heavy atom. The average molecular weight is 383 g/mol. The van der Waals surface area contributed by atoms with Crippen LogP contribution < -0.4 is 5.32 Å². The quantitative estimate of drug-likeness (QED) is 0.657. The molecule has 0 saturated heterocycles. The van der Waals surface area contributed by atoms with Crippen molar-refractivity contribution in [3.05, 3.63) is 59.9 Å². The lowest BCUT2D eigenvalue weighted by molar-refractivity contribution is -0.117. The van der Waals surface area contributed by atoms with Crippen molar-refractivity contribution < 1.29 is 18.7 Å². The maximum absolute atomic E-state index is 13.6. The Morgan fingerprint density at radius 2 is 1.96 bits per heavy atom. The number of tetrazole rings is 1. The molecule has 0 aliphatic heterocycles. The molecule has 0 spiro atoms. The fraction of sp³-hybridized carbons (Fsp3) is 0.211. The van der Waals surface area contributed by atoms with Gasteiger partial charge in [0.25, 0.3) is 0 Å². The highest BCUT2D eigenvalue weighted by Gasteiger charge is 2.14. The summed E-state index contributed by atoms with van der Waals surface area (Å²) in [7, 11) is 0. The number of ether oxygens (including phenoxy) is 1. The number of nitrogens with one attached hydrogen (secondary N) is 1. The van der Waals surface area contributed by atoms with Gasteiger partial charge in [-0.2, -0.15) is 4.80 Å². The first-order chi connectivity index (χ1) is 13.4. The first-order valence-electron chi connectivity index (χ1n) is 8.56. The smallest absolute Gasteiger partial charge is 0.338 e. The van der Waals surface area contributed by atoms with Gasteiger partial charge in [-0.15, -0.1) is 10.2 Å². The van der Waals surface area contributed by atoms with Crippen molar-refractivity contribution in [3.63, 3.8) is 0 Å². The monoisotopic (exact) mass is 383 g/mol. The summed E-state index contributed by atoms with van der Waals surface area (Å²) in [5.41, 5.74) is 0.989. The highest BCUT2D eigenvalue weighted by molar-refractivity contribution is 5.91. The molecule has 0 fully saturated rings. The van der Waals surface area contributed by atoms with Crippen LogP contribution >= 0.6 is 0 Å². The summed E-state index contributed by atoms with van der Waals surface area (Å²) in [6.45, 7) is 3.29. The number of aromatic nitrogens is 4. The molecule has 0 aliphatic rings. The number of halogens is 1. The molecular weight excluding hydrogens is 365 g/mol. The van der Waals surface area contributed by atoms with E-state index in [2.05, 4.69) is 20.7 Å². The van der Waals surface area contributed by atoms with E-state index in [4.69, 9.17) is 4.74 Å². The Morgan fingerprint density at radius 1 is 1.18 bits per heavy atom. The van der Waals surface area contributed by atoms with Gasteiger partial charge in [0, 0.05) is 5.56 Å². The van der Waals surface area contributed by atoms with E-state index in [1.54, 1.807) is 44.2 Å². The summed E-state index contributed by atoms with van der Waals surface area (Å²) in [5, 5.41) is 14.3. The summed E-state index contributed by atoms with van der Waals surface area (Å²) in [6, 6.07) is 12.5. The van der Waals surface area contributed by atoms with Crippen LogP contribution in [0.3, 0.4) is 0 Å². The molecule has 0 unspecified atom stereocenters. The third-order valence-corrected chi connectivity index (χ3v) is 3.59. The number of para-hydroxylation sites is 1. The van der Waals surface area contributed by atoms with Gasteiger partial charge in [-0.1, -0.05) is 24.3 Å². The van der Waals surface area contributed by atoms with Crippen LogP contribution in [0.4, 0.5) is 10.1 Å². The number of benzene rings is 2. The van der Waals surface area contributed by atoms with Gasteiger partial charge in [0.1, 0.15) is 12.4 Å². The number of esters is 1. The first kappa shape index (κ1) is 19.2. The van der Waals surface area contributed by atoms with Crippen LogP contribution in [0.15, 0.2) is 48.5 Å². The van der Waals surface area contributed by atoms with Crippen molar-refractivity contribution in [2.45, 2.75) is 26.5 Å². The molecule has 2 aromatic carbocycles. The average Bonchev–Trinajstić information content (AvgIpc) is 3.11. The lowest BCUT2D eigenvalue weighted by Gasteiger charge is -2.08. The lowest BCUT2D eigenvalue weighted by Crippen LogP contribution is -2.21. The van der Waals surface area contributed by atoms with E-state index < -0.39 is 17.7 Å². The molecule has 0 bridgehead atoms. The number of hydrogen-bond acceptors (Lipinski definition) is 6. The third-order valence-electron chi connectivity index (χ3n) is 3.59. The topological polar surface area (TPSA) is 99.0 Å². The van der Waals surface area contributed by atoms with Gasteiger partial charge in [-0.3, -0.25) is 4.79 Å². The van der Waals surface area contributed by atoms with E-state index in [9.17, 15) is 14.0 Å². The Kier molecular flexibility index (Phi) is 5.73. The van der Waals surface area contributed by atoms with E-state index in [0.29, 0.717) is 11.1 Å².